The van der Waals surface area contributed by atoms with Crippen molar-refractivity contribution in [3.8, 4) is 0 Å². The van der Waals surface area contributed by atoms with Crippen LogP contribution in [0.25, 0.3) is 0 Å². The molecular formula is C61H116O6. The summed E-state index contributed by atoms with van der Waals surface area (Å²) >= 11 is 0. The van der Waals surface area contributed by atoms with Gasteiger partial charge in [-0.25, -0.2) is 0 Å². The van der Waals surface area contributed by atoms with E-state index in [9.17, 15) is 14.4 Å². The maximum atomic E-state index is 12.9. The predicted octanol–water partition coefficient (Wildman–Crippen LogP) is 20.1. The molecule has 1 unspecified atom stereocenters. The first-order valence-corrected chi connectivity index (χ1v) is 30.2. The lowest BCUT2D eigenvalue weighted by Crippen LogP contribution is -2.30. The van der Waals surface area contributed by atoms with Gasteiger partial charge < -0.3 is 14.2 Å². The van der Waals surface area contributed by atoms with Crippen molar-refractivity contribution >= 4 is 17.9 Å². The zero-order valence-corrected chi connectivity index (χ0v) is 45.5. The molecule has 0 aromatic carbocycles. The molecule has 1 atom stereocenters. The molecule has 0 aliphatic rings. The number of esters is 3. The zero-order valence-electron chi connectivity index (χ0n) is 45.5. The van der Waals surface area contributed by atoms with Crippen LogP contribution >= 0.6 is 0 Å². The van der Waals surface area contributed by atoms with Crippen molar-refractivity contribution in [1.82, 2.24) is 0 Å². The third kappa shape index (κ3) is 55.0. The first kappa shape index (κ1) is 65.1. The molecule has 0 radical (unpaired) electrons. The number of unbranched alkanes of at least 4 members (excludes halogenated alkanes) is 43. The van der Waals surface area contributed by atoms with E-state index < -0.39 is 6.10 Å². The summed E-state index contributed by atoms with van der Waals surface area (Å²) in [7, 11) is 0. The van der Waals surface area contributed by atoms with Gasteiger partial charge in [0.25, 0.3) is 0 Å². The van der Waals surface area contributed by atoms with Gasteiger partial charge in [0.1, 0.15) is 13.2 Å². The van der Waals surface area contributed by atoms with Crippen molar-refractivity contribution in [2.75, 3.05) is 13.2 Å². The summed E-state index contributed by atoms with van der Waals surface area (Å²) in [5.41, 5.74) is 0. The van der Waals surface area contributed by atoms with Crippen LogP contribution in [0.15, 0.2) is 12.2 Å². The van der Waals surface area contributed by atoms with Crippen LogP contribution in [0, 0.1) is 0 Å². The minimum atomic E-state index is -0.767. The molecule has 67 heavy (non-hydrogen) atoms. The molecule has 0 spiro atoms. The van der Waals surface area contributed by atoms with Crippen molar-refractivity contribution in [1.29, 1.82) is 0 Å². The number of hydrogen-bond donors (Lipinski definition) is 0. The second-order valence-electron chi connectivity index (χ2n) is 20.6. The first-order valence-electron chi connectivity index (χ1n) is 30.2. The molecule has 396 valence electrons. The molecule has 0 N–H and O–H groups in total. The molecule has 0 bridgehead atoms. The smallest absolute Gasteiger partial charge is 0.306 e. The van der Waals surface area contributed by atoms with Gasteiger partial charge in [0.2, 0.25) is 0 Å². The second kappa shape index (κ2) is 56.7. The van der Waals surface area contributed by atoms with Gasteiger partial charge in [0.15, 0.2) is 6.10 Å². The highest BCUT2D eigenvalue weighted by Gasteiger charge is 2.19. The van der Waals surface area contributed by atoms with E-state index >= 15 is 0 Å². The van der Waals surface area contributed by atoms with Gasteiger partial charge in [0, 0.05) is 19.3 Å². The summed E-state index contributed by atoms with van der Waals surface area (Å²) in [6.45, 7) is 6.64. The van der Waals surface area contributed by atoms with Gasteiger partial charge >= 0.3 is 17.9 Å². The van der Waals surface area contributed by atoms with Crippen LogP contribution in [0.2, 0.25) is 0 Å². The highest BCUT2D eigenvalue weighted by atomic mass is 16.6. The summed E-state index contributed by atoms with van der Waals surface area (Å²) < 4.78 is 16.9. The summed E-state index contributed by atoms with van der Waals surface area (Å²) in [4.78, 5) is 38.1. The fourth-order valence-corrected chi connectivity index (χ4v) is 9.21. The van der Waals surface area contributed by atoms with Crippen LogP contribution in [0.1, 0.15) is 342 Å². The van der Waals surface area contributed by atoms with Gasteiger partial charge in [-0.2, -0.15) is 0 Å². The average Bonchev–Trinajstić information content (AvgIpc) is 3.33. The summed E-state index contributed by atoms with van der Waals surface area (Å²) in [5.74, 6) is -0.852. The maximum absolute atomic E-state index is 12.9. The molecule has 0 saturated heterocycles. The van der Waals surface area contributed by atoms with E-state index in [1.54, 1.807) is 0 Å². The Kier molecular flexibility index (Phi) is 55.2. The van der Waals surface area contributed by atoms with E-state index in [1.807, 2.05) is 0 Å². The van der Waals surface area contributed by atoms with Crippen molar-refractivity contribution in [2.24, 2.45) is 0 Å². The Balaban J connectivity index is 4.20. The lowest BCUT2D eigenvalue weighted by molar-refractivity contribution is -0.167. The van der Waals surface area contributed by atoms with Crippen molar-refractivity contribution in [3.05, 3.63) is 12.2 Å². The fraction of sp³-hybridized carbons (Fsp3) is 0.918. The summed E-state index contributed by atoms with van der Waals surface area (Å²) in [6, 6.07) is 0. The number of ether oxygens (including phenoxy) is 3. The topological polar surface area (TPSA) is 78.9 Å². The Morgan fingerprint density at radius 2 is 0.522 bits per heavy atom. The molecular weight excluding hydrogens is 829 g/mol. The van der Waals surface area contributed by atoms with E-state index in [4.69, 9.17) is 14.2 Å². The minimum Gasteiger partial charge on any atom is -0.462 e. The lowest BCUT2D eigenvalue weighted by Gasteiger charge is -2.18. The number of allylic oxidation sites excluding steroid dienone is 2. The van der Waals surface area contributed by atoms with E-state index in [1.165, 1.54) is 231 Å². The minimum absolute atomic E-state index is 0.0665. The Labute approximate surface area is 418 Å². The van der Waals surface area contributed by atoms with Gasteiger partial charge in [-0.15, -0.1) is 0 Å². The maximum Gasteiger partial charge on any atom is 0.306 e. The molecule has 0 aromatic heterocycles. The van der Waals surface area contributed by atoms with Crippen LogP contribution in [-0.2, 0) is 28.6 Å². The molecule has 6 heteroatoms. The fourth-order valence-electron chi connectivity index (χ4n) is 9.21. The number of carbonyl (C=O) groups excluding carboxylic acids is 3. The normalized spacial score (nSPS) is 12.0. The molecule has 0 aromatic rings. The molecule has 0 fully saturated rings. The highest BCUT2D eigenvalue weighted by molar-refractivity contribution is 5.71. The van der Waals surface area contributed by atoms with Gasteiger partial charge in [-0.1, -0.05) is 296 Å². The largest absolute Gasteiger partial charge is 0.462 e. The van der Waals surface area contributed by atoms with E-state index in [0.717, 1.165) is 70.6 Å². The Bertz CT molecular complexity index is 1040. The lowest BCUT2D eigenvalue weighted by atomic mass is 10.0. The quantitative estimate of drug-likeness (QED) is 0.0262. The molecule has 6 nitrogen and oxygen atoms in total. The second-order valence-corrected chi connectivity index (χ2v) is 20.6. The number of hydrogen-bond acceptors (Lipinski definition) is 6. The Morgan fingerprint density at radius 1 is 0.284 bits per heavy atom. The van der Waals surface area contributed by atoms with Crippen LogP contribution in [0.5, 0.6) is 0 Å². The summed E-state index contributed by atoms with van der Waals surface area (Å²) in [6.07, 6.45) is 65.1. The van der Waals surface area contributed by atoms with E-state index in [2.05, 4.69) is 32.9 Å². The predicted molar refractivity (Wildman–Crippen MR) is 289 cm³/mol. The summed E-state index contributed by atoms with van der Waals surface area (Å²) in [5, 5.41) is 0. The molecule has 0 aliphatic heterocycles. The monoisotopic (exact) mass is 945 g/mol. The standard InChI is InChI=1S/C61H116O6/c1-4-7-10-13-16-19-22-24-26-28-30-31-32-34-35-37-39-42-45-48-51-54-60(63)66-57-58(56-65-59(62)53-50-47-44-41-21-18-15-12-9-6-3)67-61(64)55-52-49-46-43-40-38-36-33-29-27-25-23-20-17-14-11-8-5-2/h12,15,58H,4-11,13-14,16-57H2,1-3H3/b15-12-. The molecule has 0 amide bonds. The zero-order chi connectivity index (χ0) is 48.6. The van der Waals surface area contributed by atoms with Crippen LogP contribution in [0.3, 0.4) is 0 Å². The van der Waals surface area contributed by atoms with Crippen molar-refractivity contribution in [2.45, 2.75) is 348 Å². The first-order chi connectivity index (χ1) is 33.0. The molecule has 0 heterocycles. The number of carbonyl (C=O) groups is 3. The van der Waals surface area contributed by atoms with E-state index in [0.29, 0.717) is 19.3 Å². The Morgan fingerprint density at radius 3 is 0.806 bits per heavy atom. The number of rotatable bonds is 56. The molecule has 0 saturated carbocycles. The van der Waals surface area contributed by atoms with E-state index in [-0.39, 0.29) is 31.1 Å². The van der Waals surface area contributed by atoms with Gasteiger partial charge in [-0.3, -0.25) is 14.4 Å². The van der Waals surface area contributed by atoms with Crippen LogP contribution < -0.4 is 0 Å². The molecule has 0 aliphatic carbocycles. The van der Waals surface area contributed by atoms with Gasteiger partial charge in [0.05, 0.1) is 0 Å². The Hall–Kier alpha value is -1.85. The van der Waals surface area contributed by atoms with Gasteiger partial charge in [-0.05, 0) is 38.5 Å². The average molecular weight is 946 g/mol. The molecule has 0 rings (SSSR count). The van der Waals surface area contributed by atoms with Crippen molar-refractivity contribution in [3.63, 3.8) is 0 Å². The van der Waals surface area contributed by atoms with Crippen LogP contribution in [0.4, 0.5) is 0 Å². The van der Waals surface area contributed by atoms with Crippen LogP contribution in [-0.4, -0.2) is 37.2 Å². The van der Waals surface area contributed by atoms with Crippen molar-refractivity contribution < 1.29 is 28.6 Å². The highest BCUT2D eigenvalue weighted by Crippen LogP contribution is 2.18. The third-order valence-electron chi connectivity index (χ3n) is 13.8. The third-order valence-corrected chi connectivity index (χ3v) is 13.8. The SMILES string of the molecule is CCC/C=C\CCCCCCCC(=O)OCC(COC(=O)CCCCCCCCCCCCCCCCCCCCCCC)OC(=O)CCCCCCCCCCCCCCCCCCCC.